The SMILES string of the molecule is CCCCC1(c2ccc(F)cc2)NC(=O)N(CC(=O)Nc2ccccc2C(C)=O)C1=O. The van der Waals surface area contributed by atoms with Crippen LogP contribution in [0, 0.1) is 5.82 Å². The van der Waals surface area contributed by atoms with Gasteiger partial charge < -0.3 is 10.6 Å². The molecule has 1 atom stereocenters. The zero-order valence-electron chi connectivity index (χ0n) is 17.4. The third kappa shape index (κ3) is 4.47. The van der Waals surface area contributed by atoms with Gasteiger partial charge in [-0.05, 0) is 43.2 Å². The summed E-state index contributed by atoms with van der Waals surface area (Å²) in [7, 11) is 0. The maximum Gasteiger partial charge on any atom is 0.325 e. The second-order valence-electron chi connectivity index (χ2n) is 7.49. The number of benzene rings is 2. The molecule has 1 fully saturated rings. The number of amides is 4. The molecule has 0 aliphatic carbocycles. The fourth-order valence-electron chi connectivity index (χ4n) is 3.69. The molecule has 7 nitrogen and oxygen atoms in total. The molecule has 1 heterocycles. The molecule has 162 valence electrons. The number of ketones is 1. The van der Waals surface area contributed by atoms with Crippen molar-refractivity contribution in [3.05, 3.63) is 65.5 Å². The van der Waals surface area contributed by atoms with Gasteiger partial charge in [0.05, 0.1) is 5.69 Å². The van der Waals surface area contributed by atoms with Crippen LogP contribution in [0.5, 0.6) is 0 Å². The topological polar surface area (TPSA) is 95.6 Å². The minimum Gasteiger partial charge on any atom is -0.324 e. The summed E-state index contributed by atoms with van der Waals surface area (Å²) < 4.78 is 13.4. The van der Waals surface area contributed by atoms with Crippen LogP contribution in [0.25, 0.3) is 0 Å². The van der Waals surface area contributed by atoms with Crippen molar-refractivity contribution >= 4 is 29.3 Å². The van der Waals surface area contributed by atoms with E-state index in [2.05, 4.69) is 10.6 Å². The van der Waals surface area contributed by atoms with E-state index in [-0.39, 0.29) is 5.78 Å². The van der Waals surface area contributed by atoms with Gasteiger partial charge in [0, 0.05) is 5.56 Å². The normalized spacial score (nSPS) is 18.1. The lowest BCUT2D eigenvalue weighted by atomic mass is 9.85. The van der Waals surface area contributed by atoms with Crippen molar-refractivity contribution in [2.75, 3.05) is 11.9 Å². The van der Waals surface area contributed by atoms with Crippen molar-refractivity contribution in [3.8, 4) is 0 Å². The van der Waals surface area contributed by atoms with E-state index < -0.39 is 35.7 Å². The average molecular weight is 425 g/mol. The average Bonchev–Trinajstić information content (AvgIpc) is 2.98. The van der Waals surface area contributed by atoms with Crippen LogP contribution in [0.4, 0.5) is 14.9 Å². The number of carbonyl (C=O) groups excluding carboxylic acids is 4. The summed E-state index contributed by atoms with van der Waals surface area (Å²) in [5, 5.41) is 5.31. The molecule has 1 aliphatic rings. The van der Waals surface area contributed by atoms with Crippen LogP contribution >= 0.6 is 0 Å². The number of nitrogens with one attached hydrogen (secondary N) is 2. The zero-order chi connectivity index (χ0) is 22.6. The number of urea groups is 1. The van der Waals surface area contributed by atoms with Crippen molar-refractivity contribution in [2.45, 2.75) is 38.6 Å². The molecule has 31 heavy (non-hydrogen) atoms. The van der Waals surface area contributed by atoms with Crippen LogP contribution in [0.3, 0.4) is 0 Å². The molecule has 0 spiro atoms. The fourth-order valence-corrected chi connectivity index (χ4v) is 3.69. The Kier molecular flexibility index (Phi) is 6.48. The highest BCUT2D eigenvalue weighted by atomic mass is 19.1. The Labute approximate surface area is 179 Å². The molecule has 2 aromatic carbocycles. The van der Waals surface area contributed by atoms with E-state index in [1.807, 2.05) is 6.92 Å². The van der Waals surface area contributed by atoms with E-state index in [0.29, 0.717) is 29.7 Å². The largest absolute Gasteiger partial charge is 0.325 e. The van der Waals surface area contributed by atoms with E-state index >= 15 is 0 Å². The van der Waals surface area contributed by atoms with E-state index in [1.165, 1.54) is 31.2 Å². The predicted octanol–water partition coefficient (Wildman–Crippen LogP) is 3.60. The maximum absolute atomic E-state index is 13.4. The summed E-state index contributed by atoms with van der Waals surface area (Å²) in [6, 6.07) is 11.2. The quantitative estimate of drug-likeness (QED) is 0.499. The van der Waals surface area contributed by atoms with E-state index in [9.17, 15) is 23.6 Å². The molecular formula is C23H24FN3O4. The molecule has 0 aromatic heterocycles. The van der Waals surface area contributed by atoms with Gasteiger partial charge in [-0.1, -0.05) is 44.0 Å². The monoisotopic (exact) mass is 425 g/mol. The first-order valence-electron chi connectivity index (χ1n) is 10.1. The van der Waals surface area contributed by atoms with Crippen LogP contribution in [0.2, 0.25) is 0 Å². The number of hydrogen-bond acceptors (Lipinski definition) is 4. The molecule has 4 amide bonds. The highest BCUT2D eigenvalue weighted by molar-refractivity contribution is 6.11. The lowest BCUT2D eigenvalue weighted by Crippen LogP contribution is -2.44. The molecule has 0 radical (unpaired) electrons. The van der Waals surface area contributed by atoms with E-state index in [1.54, 1.807) is 24.3 Å². The number of para-hydroxylation sites is 1. The summed E-state index contributed by atoms with van der Waals surface area (Å²) in [6.45, 7) is 2.83. The van der Waals surface area contributed by atoms with Gasteiger partial charge in [-0.2, -0.15) is 0 Å². The highest BCUT2D eigenvalue weighted by Crippen LogP contribution is 2.34. The van der Waals surface area contributed by atoms with Crippen molar-refractivity contribution in [1.29, 1.82) is 0 Å². The molecular weight excluding hydrogens is 401 g/mol. The second-order valence-corrected chi connectivity index (χ2v) is 7.49. The molecule has 3 rings (SSSR count). The number of carbonyl (C=O) groups is 4. The van der Waals surface area contributed by atoms with Crippen LogP contribution in [0.15, 0.2) is 48.5 Å². The van der Waals surface area contributed by atoms with E-state index in [4.69, 9.17) is 0 Å². The van der Waals surface area contributed by atoms with Gasteiger partial charge in [0.15, 0.2) is 5.78 Å². The Morgan fingerprint density at radius 2 is 1.77 bits per heavy atom. The van der Waals surface area contributed by atoms with E-state index in [0.717, 1.165) is 11.3 Å². The minimum absolute atomic E-state index is 0.221. The Morgan fingerprint density at radius 1 is 1.10 bits per heavy atom. The number of Topliss-reactive ketones (excluding diaryl/α,β-unsaturated/α-hetero) is 1. The number of hydrogen-bond donors (Lipinski definition) is 2. The first-order chi connectivity index (χ1) is 14.8. The maximum atomic E-state index is 13.4. The molecule has 0 bridgehead atoms. The van der Waals surface area contributed by atoms with Gasteiger partial charge in [0.2, 0.25) is 5.91 Å². The van der Waals surface area contributed by atoms with Crippen LogP contribution in [-0.4, -0.2) is 35.1 Å². The molecule has 1 saturated heterocycles. The summed E-state index contributed by atoms with van der Waals surface area (Å²) >= 11 is 0. The standard InChI is InChI=1S/C23H24FN3O4/c1-3-4-13-23(16-9-11-17(24)12-10-16)21(30)27(22(31)26-23)14-20(29)25-19-8-6-5-7-18(19)15(2)28/h5-12H,3-4,13-14H2,1-2H3,(H,25,29)(H,26,31). The van der Waals surface area contributed by atoms with Gasteiger partial charge in [-0.25, -0.2) is 9.18 Å². The van der Waals surface area contributed by atoms with Gasteiger partial charge in [-0.15, -0.1) is 0 Å². The van der Waals surface area contributed by atoms with Crippen LogP contribution in [0.1, 0.15) is 49.0 Å². The third-order valence-corrected chi connectivity index (χ3v) is 5.30. The lowest BCUT2D eigenvalue weighted by molar-refractivity contribution is -0.134. The Hall–Kier alpha value is -3.55. The summed E-state index contributed by atoms with van der Waals surface area (Å²) in [4.78, 5) is 51.2. The molecule has 0 saturated carbocycles. The van der Waals surface area contributed by atoms with Gasteiger partial charge in [0.1, 0.15) is 17.9 Å². The molecule has 2 N–H and O–H groups in total. The zero-order valence-corrected chi connectivity index (χ0v) is 17.4. The number of halogens is 1. The third-order valence-electron chi connectivity index (χ3n) is 5.30. The van der Waals surface area contributed by atoms with Gasteiger partial charge in [-0.3, -0.25) is 19.3 Å². The Morgan fingerprint density at radius 3 is 2.42 bits per heavy atom. The van der Waals surface area contributed by atoms with Crippen molar-refractivity contribution < 1.29 is 23.6 Å². The smallest absolute Gasteiger partial charge is 0.324 e. The first-order valence-corrected chi connectivity index (χ1v) is 10.1. The summed E-state index contributed by atoms with van der Waals surface area (Å²) in [6.07, 6.45) is 1.76. The van der Waals surface area contributed by atoms with Crippen molar-refractivity contribution in [1.82, 2.24) is 10.2 Å². The van der Waals surface area contributed by atoms with Crippen LogP contribution < -0.4 is 10.6 Å². The lowest BCUT2D eigenvalue weighted by Gasteiger charge is -2.27. The molecule has 1 unspecified atom stereocenters. The molecule has 1 aliphatic heterocycles. The number of nitrogens with zero attached hydrogens (tertiary/aromatic N) is 1. The second kappa shape index (κ2) is 9.07. The summed E-state index contributed by atoms with van der Waals surface area (Å²) in [5.74, 6) is -1.84. The Balaban J connectivity index is 1.83. The molecule has 2 aromatic rings. The highest BCUT2D eigenvalue weighted by Gasteiger charge is 2.52. The summed E-state index contributed by atoms with van der Waals surface area (Å²) in [5.41, 5.74) is -0.247. The molecule has 8 heteroatoms. The van der Waals surface area contributed by atoms with Crippen molar-refractivity contribution in [3.63, 3.8) is 0 Å². The van der Waals surface area contributed by atoms with Gasteiger partial charge in [0.25, 0.3) is 5.91 Å². The van der Waals surface area contributed by atoms with Crippen molar-refractivity contribution in [2.24, 2.45) is 0 Å². The number of rotatable bonds is 8. The predicted molar refractivity (Wildman–Crippen MR) is 113 cm³/mol. The first kappa shape index (κ1) is 22.1. The Bertz CT molecular complexity index is 1020. The minimum atomic E-state index is -1.35. The van der Waals surface area contributed by atoms with Gasteiger partial charge >= 0.3 is 6.03 Å². The number of anilines is 1. The van der Waals surface area contributed by atoms with Crippen LogP contribution in [-0.2, 0) is 15.1 Å². The fraction of sp³-hybridized carbons (Fsp3) is 0.304. The number of imide groups is 1. The number of unbranched alkanes of at least 4 members (excludes halogenated alkanes) is 1.